The molecule has 2 N–H and O–H groups in total. The van der Waals surface area contributed by atoms with E-state index < -0.39 is 5.97 Å². The molecule has 1 heterocycles. The summed E-state index contributed by atoms with van der Waals surface area (Å²) in [5.41, 5.74) is 0. The van der Waals surface area contributed by atoms with Gasteiger partial charge in [0.05, 0.1) is 6.54 Å². The summed E-state index contributed by atoms with van der Waals surface area (Å²) in [5.74, 6) is -0.556. The minimum atomic E-state index is -1.07. The zero-order chi connectivity index (χ0) is 13.4. The predicted octanol–water partition coefficient (Wildman–Crippen LogP) is 1.47. The second-order valence-electron chi connectivity index (χ2n) is 3.54. The monoisotopic (exact) mass is 257 g/mol. The fourth-order valence-corrected chi connectivity index (χ4v) is 1.44. The SMILES string of the molecule is CCOC(CNCc1ccc(C(=O)O)o1)OCC. The Labute approximate surface area is 106 Å². The van der Waals surface area contributed by atoms with Gasteiger partial charge in [0, 0.05) is 19.8 Å². The van der Waals surface area contributed by atoms with Crippen LogP contribution in [0.15, 0.2) is 16.5 Å². The van der Waals surface area contributed by atoms with Gasteiger partial charge in [0.25, 0.3) is 0 Å². The molecule has 0 aromatic carbocycles. The second kappa shape index (κ2) is 7.86. The van der Waals surface area contributed by atoms with E-state index in [1.807, 2.05) is 13.8 Å². The van der Waals surface area contributed by atoms with Crippen molar-refractivity contribution in [2.45, 2.75) is 26.7 Å². The van der Waals surface area contributed by atoms with E-state index in [-0.39, 0.29) is 12.1 Å². The Morgan fingerprint density at radius 1 is 1.39 bits per heavy atom. The Bertz CT molecular complexity index is 357. The topological polar surface area (TPSA) is 80.9 Å². The molecule has 1 aromatic heterocycles. The van der Waals surface area contributed by atoms with E-state index in [0.717, 1.165) is 0 Å². The van der Waals surface area contributed by atoms with Crippen molar-refractivity contribution in [3.05, 3.63) is 23.7 Å². The third-order valence-electron chi connectivity index (χ3n) is 2.19. The van der Waals surface area contributed by atoms with E-state index in [2.05, 4.69) is 5.32 Å². The molecule has 18 heavy (non-hydrogen) atoms. The van der Waals surface area contributed by atoms with Gasteiger partial charge in [0.15, 0.2) is 6.29 Å². The number of carboxylic acid groups (broad SMARTS) is 1. The summed E-state index contributed by atoms with van der Waals surface area (Å²) in [5, 5.41) is 11.8. The average molecular weight is 257 g/mol. The highest BCUT2D eigenvalue weighted by molar-refractivity contribution is 5.84. The van der Waals surface area contributed by atoms with Crippen molar-refractivity contribution < 1.29 is 23.8 Å². The summed E-state index contributed by atoms with van der Waals surface area (Å²) >= 11 is 0. The number of ether oxygens (including phenoxy) is 2. The molecule has 0 fully saturated rings. The van der Waals surface area contributed by atoms with Crippen LogP contribution in [-0.4, -0.2) is 37.1 Å². The third kappa shape index (κ3) is 4.87. The van der Waals surface area contributed by atoms with Gasteiger partial charge in [-0.2, -0.15) is 0 Å². The first-order valence-corrected chi connectivity index (χ1v) is 5.93. The Morgan fingerprint density at radius 2 is 2.06 bits per heavy atom. The highest BCUT2D eigenvalue weighted by Crippen LogP contribution is 2.07. The summed E-state index contributed by atoms with van der Waals surface area (Å²) in [6.45, 7) is 5.91. The molecule has 0 aliphatic rings. The van der Waals surface area contributed by atoms with Crippen molar-refractivity contribution in [1.82, 2.24) is 5.32 Å². The minimum Gasteiger partial charge on any atom is -0.475 e. The Kier molecular flexibility index (Phi) is 6.42. The minimum absolute atomic E-state index is 0.0574. The van der Waals surface area contributed by atoms with Crippen LogP contribution in [0.1, 0.15) is 30.2 Å². The van der Waals surface area contributed by atoms with Crippen molar-refractivity contribution in [3.8, 4) is 0 Å². The Balaban J connectivity index is 2.32. The summed E-state index contributed by atoms with van der Waals surface area (Å²) < 4.78 is 15.8. The van der Waals surface area contributed by atoms with Crippen molar-refractivity contribution in [2.75, 3.05) is 19.8 Å². The Morgan fingerprint density at radius 3 is 2.56 bits per heavy atom. The first-order chi connectivity index (χ1) is 8.67. The van der Waals surface area contributed by atoms with Gasteiger partial charge in [-0.1, -0.05) is 0 Å². The Hall–Kier alpha value is -1.37. The zero-order valence-electron chi connectivity index (χ0n) is 10.6. The second-order valence-corrected chi connectivity index (χ2v) is 3.54. The molecule has 0 spiro atoms. The van der Waals surface area contributed by atoms with Gasteiger partial charge in [-0.3, -0.25) is 0 Å². The van der Waals surface area contributed by atoms with Crippen molar-refractivity contribution >= 4 is 5.97 Å². The van der Waals surface area contributed by atoms with Crippen LogP contribution in [0.4, 0.5) is 0 Å². The van der Waals surface area contributed by atoms with Crippen LogP contribution in [0.5, 0.6) is 0 Å². The molecule has 1 aromatic rings. The third-order valence-corrected chi connectivity index (χ3v) is 2.19. The predicted molar refractivity (Wildman–Crippen MR) is 64.4 cm³/mol. The van der Waals surface area contributed by atoms with Gasteiger partial charge < -0.3 is 24.3 Å². The maximum absolute atomic E-state index is 10.6. The number of nitrogens with one attached hydrogen (secondary N) is 1. The van der Waals surface area contributed by atoms with Gasteiger partial charge in [-0.25, -0.2) is 4.79 Å². The summed E-state index contributed by atoms with van der Waals surface area (Å²) in [6, 6.07) is 3.06. The lowest BCUT2D eigenvalue weighted by atomic mass is 10.4. The number of furan rings is 1. The molecule has 6 heteroatoms. The van der Waals surface area contributed by atoms with E-state index in [1.54, 1.807) is 6.07 Å². The molecular weight excluding hydrogens is 238 g/mol. The largest absolute Gasteiger partial charge is 0.475 e. The molecule has 0 atom stereocenters. The van der Waals surface area contributed by atoms with Crippen LogP contribution in [0.2, 0.25) is 0 Å². The number of hydrogen-bond donors (Lipinski definition) is 2. The van der Waals surface area contributed by atoms with E-state index in [4.69, 9.17) is 19.0 Å². The van der Waals surface area contributed by atoms with Crippen LogP contribution in [0.25, 0.3) is 0 Å². The van der Waals surface area contributed by atoms with Crippen LogP contribution in [-0.2, 0) is 16.0 Å². The summed E-state index contributed by atoms with van der Waals surface area (Å²) in [6.07, 6.45) is -0.297. The van der Waals surface area contributed by atoms with Crippen LogP contribution < -0.4 is 5.32 Å². The molecule has 0 saturated carbocycles. The van der Waals surface area contributed by atoms with Crippen molar-refractivity contribution in [1.29, 1.82) is 0 Å². The molecule has 0 saturated heterocycles. The lowest BCUT2D eigenvalue weighted by Crippen LogP contribution is -2.31. The number of carboxylic acids is 1. The van der Waals surface area contributed by atoms with Crippen LogP contribution >= 0.6 is 0 Å². The molecule has 0 aliphatic heterocycles. The zero-order valence-corrected chi connectivity index (χ0v) is 10.6. The van der Waals surface area contributed by atoms with E-state index in [1.165, 1.54) is 6.07 Å². The smallest absolute Gasteiger partial charge is 0.371 e. The molecule has 102 valence electrons. The standard InChI is InChI=1S/C12H19NO5/c1-3-16-11(17-4-2)8-13-7-9-5-6-10(18-9)12(14)15/h5-6,11,13H,3-4,7-8H2,1-2H3,(H,14,15). The lowest BCUT2D eigenvalue weighted by Gasteiger charge is -2.16. The molecule has 1 rings (SSSR count). The number of carbonyl (C=O) groups is 1. The molecule has 0 aliphatic carbocycles. The molecule has 0 unspecified atom stereocenters. The van der Waals surface area contributed by atoms with Gasteiger partial charge in [0.1, 0.15) is 5.76 Å². The van der Waals surface area contributed by atoms with Crippen LogP contribution in [0.3, 0.4) is 0 Å². The van der Waals surface area contributed by atoms with Gasteiger partial charge in [-0.15, -0.1) is 0 Å². The molecule has 0 bridgehead atoms. The van der Waals surface area contributed by atoms with Gasteiger partial charge in [0.2, 0.25) is 5.76 Å². The van der Waals surface area contributed by atoms with Crippen LogP contribution in [0, 0.1) is 0 Å². The highest BCUT2D eigenvalue weighted by Gasteiger charge is 2.10. The van der Waals surface area contributed by atoms with Crippen molar-refractivity contribution in [2.24, 2.45) is 0 Å². The molecule has 0 radical (unpaired) electrons. The van der Waals surface area contributed by atoms with E-state index in [9.17, 15) is 4.79 Å². The molecular formula is C12H19NO5. The quantitative estimate of drug-likeness (QED) is 0.652. The lowest BCUT2D eigenvalue weighted by molar-refractivity contribution is -0.133. The highest BCUT2D eigenvalue weighted by atomic mass is 16.7. The van der Waals surface area contributed by atoms with Gasteiger partial charge in [-0.05, 0) is 26.0 Å². The summed E-state index contributed by atoms with van der Waals surface area (Å²) in [7, 11) is 0. The van der Waals surface area contributed by atoms with E-state index >= 15 is 0 Å². The maximum Gasteiger partial charge on any atom is 0.371 e. The first kappa shape index (κ1) is 14.7. The van der Waals surface area contributed by atoms with Gasteiger partial charge >= 0.3 is 5.97 Å². The average Bonchev–Trinajstić information content (AvgIpc) is 2.78. The maximum atomic E-state index is 10.6. The molecule has 0 amide bonds. The fraction of sp³-hybridized carbons (Fsp3) is 0.583. The fourth-order valence-electron chi connectivity index (χ4n) is 1.44. The summed E-state index contributed by atoms with van der Waals surface area (Å²) in [4.78, 5) is 10.6. The number of hydrogen-bond acceptors (Lipinski definition) is 5. The first-order valence-electron chi connectivity index (χ1n) is 5.93. The number of rotatable bonds is 9. The number of aromatic carboxylic acids is 1. The molecule has 6 nitrogen and oxygen atoms in total. The van der Waals surface area contributed by atoms with E-state index in [0.29, 0.717) is 32.1 Å². The normalized spacial score (nSPS) is 11.1. The van der Waals surface area contributed by atoms with Crippen molar-refractivity contribution in [3.63, 3.8) is 0 Å².